The van der Waals surface area contributed by atoms with Crippen molar-refractivity contribution < 1.29 is 0 Å². The highest BCUT2D eigenvalue weighted by molar-refractivity contribution is 7.99. The Labute approximate surface area is 99.9 Å². The van der Waals surface area contributed by atoms with Crippen LogP contribution >= 0.6 is 11.8 Å². The minimum atomic E-state index is 0.814. The molecular weight excluding hydrogens is 216 g/mol. The van der Waals surface area contributed by atoms with Crippen LogP contribution in [0.5, 0.6) is 0 Å². The maximum Gasteiger partial charge on any atom is 0.0411 e. The molecule has 0 saturated heterocycles. The molecule has 1 aromatic carbocycles. The van der Waals surface area contributed by atoms with Gasteiger partial charge < -0.3 is 5.73 Å². The van der Waals surface area contributed by atoms with Crippen molar-refractivity contribution in [1.29, 1.82) is 0 Å². The van der Waals surface area contributed by atoms with Gasteiger partial charge in [0.15, 0.2) is 0 Å². The van der Waals surface area contributed by atoms with Gasteiger partial charge in [-0.1, -0.05) is 6.07 Å². The maximum absolute atomic E-state index is 5.63. The van der Waals surface area contributed by atoms with E-state index in [0.29, 0.717) is 0 Å². The Balaban J connectivity index is 1.82. The van der Waals surface area contributed by atoms with Gasteiger partial charge in [-0.25, -0.2) is 0 Å². The molecule has 0 radical (unpaired) electrons. The van der Waals surface area contributed by atoms with Gasteiger partial charge in [-0.3, -0.25) is 4.98 Å². The van der Waals surface area contributed by atoms with Crippen LogP contribution in [0.15, 0.2) is 53.6 Å². The fraction of sp³-hybridized carbons (Fsp3) is 0.154. The quantitative estimate of drug-likeness (QED) is 0.648. The Bertz CT molecular complexity index is 425. The first-order chi connectivity index (χ1) is 7.84. The normalized spacial score (nSPS) is 10.2. The molecule has 1 heterocycles. The molecule has 2 N–H and O–H groups in total. The molecule has 0 unspecified atom stereocenters. The molecule has 0 bridgehead atoms. The summed E-state index contributed by atoms with van der Waals surface area (Å²) in [5.74, 6) is 1.04. The number of pyridine rings is 1. The van der Waals surface area contributed by atoms with Crippen molar-refractivity contribution in [2.24, 2.45) is 0 Å². The first-order valence-corrected chi connectivity index (χ1v) is 6.21. The molecule has 2 nitrogen and oxygen atoms in total. The van der Waals surface area contributed by atoms with Crippen molar-refractivity contribution >= 4 is 17.4 Å². The average molecular weight is 230 g/mol. The second-order valence-corrected chi connectivity index (χ2v) is 4.66. The smallest absolute Gasteiger partial charge is 0.0411 e. The summed E-state index contributed by atoms with van der Waals surface area (Å²) in [5.41, 5.74) is 7.59. The number of hydrogen-bond acceptors (Lipinski definition) is 3. The predicted molar refractivity (Wildman–Crippen MR) is 69.5 cm³/mol. The molecule has 0 aliphatic rings. The van der Waals surface area contributed by atoms with Crippen LogP contribution in [0.1, 0.15) is 5.69 Å². The van der Waals surface area contributed by atoms with Crippen LogP contribution in [0.2, 0.25) is 0 Å². The molecule has 82 valence electrons. The molecule has 0 atom stereocenters. The molecule has 0 saturated carbocycles. The van der Waals surface area contributed by atoms with E-state index >= 15 is 0 Å². The molecule has 3 heteroatoms. The lowest BCUT2D eigenvalue weighted by atomic mass is 10.3. The molecule has 16 heavy (non-hydrogen) atoms. The third-order valence-electron chi connectivity index (χ3n) is 2.23. The number of hydrogen-bond donors (Lipinski definition) is 1. The third kappa shape index (κ3) is 3.28. The van der Waals surface area contributed by atoms with Crippen LogP contribution in [0, 0.1) is 0 Å². The van der Waals surface area contributed by atoms with E-state index in [1.165, 1.54) is 4.90 Å². The topological polar surface area (TPSA) is 38.9 Å². The molecule has 1 aromatic heterocycles. The third-order valence-corrected chi connectivity index (χ3v) is 3.25. The Hall–Kier alpha value is -1.48. The second kappa shape index (κ2) is 5.56. The number of nitrogen functional groups attached to an aromatic ring is 1. The lowest BCUT2D eigenvalue weighted by Gasteiger charge is -2.01. The summed E-state index contributed by atoms with van der Waals surface area (Å²) in [6.45, 7) is 0. The first-order valence-electron chi connectivity index (χ1n) is 5.23. The molecule has 2 aromatic rings. The number of nitrogens with two attached hydrogens (primary N) is 1. The lowest BCUT2D eigenvalue weighted by molar-refractivity contribution is 1.05. The predicted octanol–water partition coefficient (Wildman–Crippen LogP) is 3.00. The van der Waals surface area contributed by atoms with Crippen molar-refractivity contribution in [3.8, 4) is 0 Å². The zero-order valence-corrected chi connectivity index (χ0v) is 9.78. The van der Waals surface area contributed by atoms with Crippen LogP contribution < -0.4 is 5.73 Å². The van der Waals surface area contributed by atoms with E-state index in [9.17, 15) is 0 Å². The van der Waals surface area contributed by atoms with Crippen molar-refractivity contribution in [2.45, 2.75) is 11.3 Å². The summed E-state index contributed by atoms with van der Waals surface area (Å²) >= 11 is 1.83. The van der Waals surface area contributed by atoms with E-state index in [1.807, 2.05) is 42.2 Å². The first kappa shape index (κ1) is 11.0. The minimum absolute atomic E-state index is 0.814. The summed E-state index contributed by atoms with van der Waals surface area (Å²) in [6.07, 6.45) is 2.83. The van der Waals surface area contributed by atoms with Gasteiger partial charge in [0.2, 0.25) is 0 Å². The van der Waals surface area contributed by atoms with Crippen molar-refractivity contribution in [1.82, 2.24) is 4.98 Å². The largest absolute Gasteiger partial charge is 0.399 e. The van der Waals surface area contributed by atoms with Crippen molar-refractivity contribution in [3.05, 3.63) is 54.4 Å². The number of aromatic nitrogens is 1. The van der Waals surface area contributed by atoms with Gasteiger partial charge in [0.1, 0.15) is 0 Å². The Morgan fingerprint density at radius 3 is 2.56 bits per heavy atom. The summed E-state index contributed by atoms with van der Waals surface area (Å²) in [4.78, 5) is 5.55. The SMILES string of the molecule is Nc1ccc(SCCc2ccccn2)cc1. The van der Waals surface area contributed by atoms with E-state index in [-0.39, 0.29) is 0 Å². The molecule has 0 amide bonds. The number of nitrogens with zero attached hydrogens (tertiary/aromatic N) is 1. The van der Waals surface area contributed by atoms with Gasteiger partial charge in [-0.2, -0.15) is 0 Å². The maximum atomic E-state index is 5.63. The van der Waals surface area contributed by atoms with E-state index in [2.05, 4.69) is 23.2 Å². The van der Waals surface area contributed by atoms with Crippen LogP contribution in [-0.4, -0.2) is 10.7 Å². The summed E-state index contributed by atoms with van der Waals surface area (Å²) < 4.78 is 0. The zero-order chi connectivity index (χ0) is 11.2. The fourth-order valence-electron chi connectivity index (χ4n) is 1.38. The highest BCUT2D eigenvalue weighted by Gasteiger charge is 1.96. The van der Waals surface area contributed by atoms with E-state index in [1.54, 1.807) is 0 Å². The molecule has 0 aliphatic heterocycles. The monoisotopic (exact) mass is 230 g/mol. The number of anilines is 1. The van der Waals surface area contributed by atoms with Crippen molar-refractivity contribution in [2.75, 3.05) is 11.5 Å². The van der Waals surface area contributed by atoms with Gasteiger partial charge in [-0.05, 0) is 42.8 Å². The van der Waals surface area contributed by atoms with Gasteiger partial charge in [0.25, 0.3) is 0 Å². The molecule has 0 fully saturated rings. The Morgan fingerprint density at radius 1 is 1.06 bits per heavy atom. The number of rotatable bonds is 4. The highest BCUT2D eigenvalue weighted by atomic mass is 32.2. The Morgan fingerprint density at radius 2 is 1.88 bits per heavy atom. The van der Waals surface area contributed by atoms with E-state index < -0.39 is 0 Å². The van der Waals surface area contributed by atoms with Crippen LogP contribution in [0.25, 0.3) is 0 Å². The minimum Gasteiger partial charge on any atom is -0.399 e. The average Bonchev–Trinajstić information content (AvgIpc) is 2.33. The summed E-state index contributed by atoms with van der Waals surface area (Å²) in [7, 11) is 0. The van der Waals surface area contributed by atoms with Gasteiger partial charge >= 0.3 is 0 Å². The summed E-state index contributed by atoms with van der Waals surface area (Å²) in [5, 5.41) is 0. The molecule has 0 spiro atoms. The molecule has 2 rings (SSSR count). The van der Waals surface area contributed by atoms with Gasteiger partial charge in [0, 0.05) is 28.2 Å². The van der Waals surface area contributed by atoms with Crippen LogP contribution in [-0.2, 0) is 6.42 Å². The number of thioether (sulfide) groups is 1. The molecule has 0 aliphatic carbocycles. The Kier molecular flexibility index (Phi) is 3.83. The van der Waals surface area contributed by atoms with Gasteiger partial charge in [0.05, 0.1) is 0 Å². The zero-order valence-electron chi connectivity index (χ0n) is 8.97. The lowest BCUT2D eigenvalue weighted by Crippen LogP contribution is -1.91. The van der Waals surface area contributed by atoms with E-state index in [0.717, 1.165) is 23.6 Å². The number of benzene rings is 1. The summed E-state index contributed by atoms with van der Waals surface area (Å²) in [6, 6.07) is 14.0. The van der Waals surface area contributed by atoms with Crippen LogP contribution in [0.3, 0.4) is 0 Å². The fourth-order valence-corrected chi connectivity index (χ4v) is 2.26. The van der Waals surface area contributed by atoms with Crippen LogP contribution in [0.4, 0.5) is 5.69 Å². The molecular formula is C13H14N2S. The van der Waals surface area contributed by atoms with E-state index in [4.69, 9.17) is 5.73 Å². The standard InChI is InChI=1S/C13H14N2S/c14-11-4-6-13(7-5-11)16-10-8-12-3-1-2-9-15-12/h1-7,9H,8,10,14H2. The van der Waals surface area contributed by atoms with Crippen molar-refractivity contribution in [3.63, 3.8) is 0 Å². The number of aryl methyl sites for hydroxylation is 1. The highest BCUT2D eigenvalue weighted by Crippen LogP contribution is 2.19. The second-order valence-electron chi connectivity index (χ2n) is 3.49. The van der Waals surface area contributed by atoms with Gasteiger partial charge in [-0.15, -0.1) is 11.8 Å².